The minimum absolute atomic E-state index is 0. The summed E-state index contributed by atoms with van der Waals surface area (Å²) >= 11 is 0. The summed E-state index contributed by atoms with van der Waals surface area (Å²) in [6.07, 6.45) is 8.95. The molecular weight excluding hydrogens is 429 g/mol. The Morgan fingerprint density at radius 1 is 1.03 bits per heavy atom. The number of hydrogen-bond acceptors (Lipinski definition) is 5. The van der Waals surface area contributed by atoms with E-state index in [0.29, 0.717) is 41.9 Å². The second-order valence-corrected chi connectivity index (χ2v) is 12.1. The van der Waals surface area contributed by atoms with E-state index in [2.05, 4.69) is 26.1 Å². The van der Waals surface area contributed by atoms with Crippen LogP contribution in [0, 0.1) is 46.3 Å². The van der Waals surface area contributed by atoms with Crippen molar-refractivity contribution in [2.24, 2.45) is 46.3 Å². The van der Waals surface area contributed by atoms with Crippen LogP contribution in [0.15, 0.2) is 0 Å². The molecule has 182 valence electrons. The summed E-state index contributed by atoms with van der Waals surface area (Å²) in [6.45, 7) is 6.70. The molecule has 0 aliphatic heterocycles. The Balaban J connectivity index is 0.00000306. The van der Waals surface area contributed by atoms with Gasteiger partial charge in [-0.1, -0.05) is 20.8 Å². The predicted octanol–water partition coefficient (Wildman–Crippen LogP) is -0.737. The summed E-state index contributed by atoms with van der Waals surface area (Å²) in [5.74, 6) is 1.31. The van der Waals surface area contributed by atoms with Gasteiger partial charge in [0.2, 0.25) is 5.91 Å². The normalized spacial score (nSPS) is 45.1. The molecule has 4 rings (SSSR count). The first-order valence-electron chi connectivity index (χ1n) is 12.9. The molecule has 1 unspecified atom stereocenters. The van der Waals surface area contributed by atoms with Crippen LogP contribution < -0.4 is 40.0 Å². The number of amides is 1. The van der Waals surface area contributed by atoms with E-state index in [9.17, 15) is 24.9 Å². The molecule has 4 aliphatic carbocycles. The molecule has 1 amide bonds. The number of carboxylic acids is 1. The quantitative estimate of drug-likeness (QED) is 0.442. The number of aliphatic hydroxyl groups excluding tert-OH is 2. The summed E-state index contributed by atoms with van der Waals surface area (Å²) < 4.78 is 0. The first-order chi connectivity index (χ1) is 15.1. The summed E-state index contributed by atoms with van der Waals surface area (Å²) in [6, 6.07) is 0. The fourth-order valence-corrected chi connectivity index (χ4v) is 8.99. The number of aliphatic carboxylic acids is 1. The van der Waals surface area contributed by atoms with Gasteiger partial charge in [-0.15, -0.1) is 0 Å². The van der Waals surface area contributed by atoms with Crippen LogP contribution in [-0.4, -0.2) is 40.8 Å². The minimum atomic E-state index is -1.26. The number of aliphatic hydroxyl groups is 2. The third-order valence-electron chi connectivity index (χ3n) is 10.7. The summed E-state index contributed by atoms with van der Waals surface area (Å²) in [5, 5.41) is 34.5. The summed E-state index contributed by atoms with van der Waals surface area (Å²) in [4.78, 5) is 22.6. The standard InChI is InChI=1S/C26H43NO5.Na/c1-15(4-7-22(30)27-14-23(31)32)18-5-6-19-24-20(9-11-26(18,19)3)25(2)10-8-17(28)12-16(25)13-21(24)29;/h15-21,24,28-29H,4-14H2,1-3H3,(H,27,30)(H,31,32);/q;+1/p-1/t15-,16+,17-,18-,19+,20+,21-,24+,25?,26-;/m1./s1. The van der Waals surface area contributed by atoms with Gasteiger partial charge in [0.25, 0.3) is 0 Å². The van der Waals surface area contributed by atoms with Crippen molar-refractivity contribution in [1.29, 1.82) is 0 Å². The Morgan fingerprint density at radius 2 is 1.70 bits per heavy atom. The Kier molecular flexibility index (Phi) is 8.70. The largest absolute Gasteiger partial charge is 1.00 e. The SMILES string of the molecule is C[C@H](CCC(=O)NCC(=O)[O-])[C@H]1CC[C@H]2[C@@H]3[C@H](O)C[C@@H]4C[C@H](O)CCC4(C)[C@H]3CC[C@]12C.[Na+]. The van der Waals surface area contributed by atoms with Gasteiger partial charge in [-0.3, -0.25) is 4.79 Å². The van der Waals surface area contributed by atoms with Crippen molar-refractivity contribution >= 4 is 11.9 Å². The molecule has 0 radical (unpaired) electrons. The van der Waals surface area contributed by atoms with Gasteiger partial charge >= 0.3 is 29.6 Å². The molecule has 0 spiro atoms. The van der Waals surface area contributed by atoms with Gasteiger partial charge in [-0.05, 0) is 104 Å². The number of carboxylic acid groups (broad SMARTS) is 1. The van der Waals surface area contributed by atoms with Crippen molar-refractivity contribution in [3.8, 4) is 0 Å². The van der Waals surface area contributed by atoms with Crippen LogP contribution in [0.25, 0.3) is 0 Å². The first-order valence-corrected chi connectivity index (χ1v) is 12.9. The van der Waals surface area contributed by atoms with Crippen molar-refractivity contribution in [1.82, 2.24) is 5.32 Å². The monoisotopic (exact) mass is 471 g/mol. The van der Waals surface area contributed by atoms with Crippen LogP contribution in [0.2, 0.25) is 0 Å². The van der Waals surface area contributed by atoms with Gasteiger partial charge in [-0.2, -0.15) is 0 Å². The third kappa shape index (κ3) is 5.07. The fourth-order valence-electron chi connectivity index (χ4n) is 8.99. The molecule has 33 heavy (non-hydrogen) atoms. The maximum absolute atomic E-state index is 12.0. The van der Waals surface area contributed by atoms with Crippen LogP contribution >= 0.6 is 0 Å². The molecule has 10 atom stereocenters. The van der Waals surface area contributed by atoms with Crippen molar-refractivity contribution in [2.45, 2.75) is 97.2 Å². The number of carbonyl (C=O) groups excluding carboxylic acids is 2. The number of carbonyl (C=O) groups is 2. The molecule has 0 saturated heterocycles. The van der Waals surface area contributed by atoms with Gasteiger partial charge in [0, 0.05) is 6.42 Å². The number of rotatable bonds is 6. The van der Waals surface area contributed by atoms with Gasteiger partial charge in [-0.25, -0.2) is 0 Å². The van der Waals surface area contributed by atoms with Gasteiger partial charge < -0.3 is 25.4 Å². The fraction of sp³-hybridized carbons (Fsp3) is 0.923. The molecule has 7 heteroatoms. The molecule has 4 saturated carbocycles. The molecule has 4 aliphatic rings. The van der Waals surface area contributed by atoms with Crippen molar-refractivity contribution in [3.63, 3.8) is 0 Å². The maximum Gasteiger partial charge on any atom is 1.00 e. The van der Waals surface area contributed by atoms with E-state index in [4.69, 9.17) is 0 Å². The molecule has 3 N–H and O–H groups in total. The number of hydrogen-bond donors (Lipinski definition) is 3. The van der Waals surface area contributed by atoms with E-state index < -0.39 is 12.5 Å². The van der Waals surface area contributed by atoms with E-state index in [1.807, 2.05) is 0 Å². The van der Waals surface area contributed by atoms with Crippen molar-refractivity contribution < 1.29 is 54.5 Å². The number of fused-ring (bicyclic) bond motifs is 5. The van der Waals surface area contributed by atoms with Crippen LogP contribution in [0.4, 0.5) is 0 Å². The second kappa shape index (κ2) is 10.5. The van der Waals surface area contributed by atoms with Crippen molar-refractivity contribution in [3.05, 3.63) is 0 Å². The van der Waals surface area contributed by atoms with E-state index in [0.717, 1.165) is 51.4 Å². The Hall–Kier alpha value is -0.140. The molecule has 6 nitrogen and oxygen atoms in total. The third-order valence-corrected chi connectivity index (χ3v) is 10.7. The first kappa shape index (κ1) is 27.4. The van der Waals surface area contributed by atoms with Crippen molar-refractivity contribution in [2.75, 3.05) is 6.54 Å². The molecule has 0 heterocycles. The average Bonchev–Trinajstić information content (AvgIpc) is 3.09. The predicted molar refractivity (Wildman–Crippen MR) is 119 cm³/mol. The number of nitrogens with one attached hydrogen (secondary N) is 1. The molecule has 0 bridgehead atoms. The minimum Gasteiger partial charge on any atom is -0.548 e. The Bertz CT molecular complexity index is 733. The maximum atomic E-state index is 12.0. The van der Waals surface area contributed by atoms with Crippen LogP contribution in [-0.2, 0) is 9.59 Å². The van der Waals surface area contributed by atoms with Crippen LogP contribution in [0.5, 0.6) is 0 Å². The summed E-state index contributed by atoms with van der Waals surface area (Å²) in [7, 11) is 0. The van der Waals surface area contributed by atoms with Crippen LogP contribution in [0.1, 0.15) is 85.0 Å². The molecule has 0 aromatic heterocycles. The van der Waals surface area contributed by atoms with E-state index >= 15 is 0 Å². The molecule has 0 aromatic carbocycles. The molecule has 4 fully saturated rings. The molecule has 0 aromatic rings. The van der Waals surface area contributed by atoms with Crippen LogP contribution in [0.3, 0.4) is 0 Å². The van der Waals surface area contributed by atoms with E-state index in [1.165, 1.54) is 6.42 Å². The zero-order chi connectivity index (χ0) is 23.3. The van der Waals surface area contributed by atoms with E-state index in [1.54, 1.807) is 0 Å². The molecular formula is C26H42NNaO5. The van der Waals surface area contributed by atoms with Gasteiger partial charge in [0.15, 0.2) is 0 Å². The zero-order valence-corrected chi connectivity index (χ0v) is 23.0. The Morgan fingerprint density at radius 3 is 2.39 bits per heavy atom. The zero-order valence-electron chi connectivity index (χ0n) is 21.0. The average molecular weight is 472 g/mol. The Labute approximate surface area is 221 Å². The topological polar surface area (TPSA) is 110 Å². The second-order valence-electron chi connectivity index (χ2n) is 12.1. The summed E-state index contributed by atoms with van der Waals surface area (Å²) in [5.41, 5.74) is 0.436. The van der Waals surface area contributed by atoms with Gasteiger partial charge in [0.1, 0.15) is 0 Å². The van der Waals surface area contributed by atoms with Gasteiger partial charge in [0.05, 0.1) is 24.7 Å². The smallest absolute Gasteiger partial charge is 0.548 e. The van der Waals surface area contributed by atoms with E-state index in [-0.39, 0.29) is 58.5 Å².